The van der Waals surface area contributed by atoms with Crippen LogP contribution in [0.4, 0.5) is 11.4 Å². The molecule has 0 aromatic heterocycles. The Morgan fingerprint density at radius 3 is 2.81 bits per heavy atom. The van der Waals surface area contributed by atoms with Gasteiger partial charge in [-0.2, -0.15) is 0 Å². The van der Waals surface area contributed by atoms with Gasteiger partial charge in [0.25, 0.3) is 11.8 Å². The summed E-state index contributed by atoms with van der Waals surface area (Å²) in [6.07, 6.45) is 0.244. The summed E-state index contributed by atoms with van der Waals surface area (Å²) >= 11 is 0. The van der Waals surface area contributed by atoms with Gasteiger partial charge in [0.15, 0.2) is 17.6 Å². The Bertz CT molecular complexity index is 940. The summed E-state index contributed by atoms with van der Waals surface area (Å²) in [7, 11) is 1.55. The molecule has 2 unspecified atom stereocenters. The molecule has 0 bridgehead atoms. The fourth-order valence-corrected chi connectivity index (χ4v) is 3.27. The summed E-state index contributed by atoms with van der Waals surface area (Å²) in [5, 5.41) is 5.61. The number of ether oxygens (including phenoxy) is 3. The summed E-state index contributed by atoms with van der Waals surface area (Å²) in [5.41, 5.74) is 2.52. The average Bonchev–Trinajstić information content (AvgIpc) is 3.02. The third kappa shape index (κ3) is 3.16. The maximum Gasteiger partial charge on any atom is 0.265 e. The van der Waals surface area contributed by atoms with E-state index in [2.05, 4.69) is 10.6 Å². The highest BCUT2D eigenvalue weighted by Crippen LogP contribution is 2.39. The second-order valence-corrected chi connectivity index (χ2v) is 6.71. The van der Waals surface area contributed by atoms with Gasteiger partial charge in [-0.15, -0.1) is 0 Å². The second kappa shape index (κ2) is 6.50. The van der Waals surface area contributed by atoms with Gasteiger partial charge in [0.2, 0.25) is 0 Å². The number of hydrogen-bond acceptors (Lipinski definition) is 5. The first-order chi connectivity index (χ1) is 12.9. The number of benzene rings is 2. The van der Waals surface area contributed by atoms with Crippen LogP contribution in [0.25, 0.3) is 0 Å². The van der Waals surface area contributed by atoms with E-state index in [1.165, 1.54) is 0 Å². The van der Waals surface area contributed by atoms with Gasteiger partial charge < -0.3 is 24.8 Å². The van der Waals surface area contributed by atoms with Gasteiger partial charge in [-0.05, 0) is 44.2 Å². The van der Waals surface area contributed by atoms with Crippen molar-refractivity contribution in [1.29, 1.82) is 0 Å². The van der Waals surface area contributed by atoms with Crippen molar-refractivity contribution in [2.75, 3.05) is 17.7 Å². The van der Waals surface area contributed by atoms with Gasteiger partial charge in [-0.25, -0.2) is 0 Å². The number of rotatable bonds is 3. The minimum atomic E-state index is -0.540. The number of methoxy groups -OCH3 is 1. The Morgan fingerprint density at radius 2 is 2.04 bits per heavy atom. The molecule has 140 valence electrons. The largest absolute Gasteiger partial charge is 0.493 e. The predicted octanol–water partition coefficient (Wildman–Crippen LogP) is 2.99. The zero-order chi connectivity index (χ0) is 19.1. The molecule has 0 saturated heterocycles. The molecule has 7 nitrogen and oxygen atoms in total. The molecule has 2 heterocycles. The van der Waals surface area contributed by atoms with E-state index in [9.17, 15) is 9.59 Å². The van der Waals surface area contributed by atoms with E-state index in [0.29, 0.717) is 34.2 Å². The van der Waals surface area contributed by atoms with Crippen LogP contribution in [-0.2, 0) is 11.2 Å². The van der Waals surface area contributed by atoms with Crippen molar-refractivity contribution in [2.45, 2.75) is 32.5 Å². The van der Waals surface area contributed by atoms with Gasteiger partial charge in [0.05, 0.1) is 12.8 Å². The molecule has 4 rings (SSSR count). The van der Waals surface area contributed by atoms with E-state index in [4.69, 9.17) is 14.2 Å². The Hall–Kier alpha value is -3.22. The lowest BCUT2D eigenvalue weighted by atomic mass is 10.1. The first kappa shape index (κ1) is 17.2. The molecule has 2 aromatic rings. The van der Waals surface area contributed by atoms with E-state index in [-0.39, 0.29) is 17.9 Å². The van der Waals surface area contributed by atoms with Crippen LogP contribution >= 0.6 is 0 Å². The Morgan fingerprint density at radius 1 is 1.22 bits per heavy atom. The first-order valence-electron chi connectivity index (χ1n) is 8.75. The lowest BCUT2D eigenvalue weighted by molar-refractivity contribution is -0.122. The number of nitrogens with one attached hydrogen (secondary N) is 2. The van der Waals surface area contributed by atoms with Crippen molar-refractivity contribution in [3.05, 3.63) is 41.5 Å². The van der Waals surface area contributed by atoms with Gasteiger partial charge in [0, 0.05) is 23.2 Å². The lowest BCUT2D eigenvalue weighted by Crippen LogP contribution is -2.34. The maximum absolute atomic E-state index is 12.7. The van der Waals surface area contributed by atoms with E-state index >= 15 is 0 Å². The average molecular weight is 368 g/mol. The van der Waals surface area contributed by atoms with E-state index < -0.39 is 6.10 Å². The molecule has 7 heteroatoms. The number of hydrogen-bond donors (Lipinski definition) is 2. The monoisotopic (exact) mass is 368 g/mol. The number of fused-ring (bicyclic) bond motifs is 2. The van der Waals surface area contributed by atoms with Crippen LogP contribution in [0, 0.1) is 0 Å². The van der Waals surface area contributed by atoms with Crippen LogP contribution < -0.4 is 24.8 Å². The smallest absolute Gasteiger partial charge is 0.265 e. The van der Waals surface area contributed by atoms with Crippen LogP contribution in [0.15, 0.2) is 30.3 Å². The molecule has 2 amide bonds. The third-order valence-corrected chi connectivity index (χ3v) is 4.61. The molecule has 2 aromatic carbocycles. The maximum atomic E-state index is 12.7. The topological polar surface area (TPSA) is 85.9 Å². The summed E-state index contributed by atoms with van der Waals surface area (Å²) < 4.78 is 16.6. The van der Waals surface area contributed by atoms with Gasteiger partial charge in [-0.3, -0.25) is 9.59 Å². The standard InChI is InChI=1S/C20H20N2O5/c1-10-6-12-7-13(8-17(25-3)18(12)26-10)20(24)21-14-4-5-16-15(9-14)22-19(23)11(2)27-16/h4-5,7-11H,6H2,1-3H3,(H,21,24)(H,22,23). The van der Waals surface area contributed by atoms with Crippen LogP contribution in [0.2, 0.25) is 0 Å². The van der Waals surface area contributed by atoms with Gasteiger partial charge >= 0.3 is 0 Å². The summed E-state index contributed by atoms with van der Waals surface area (Å²) in [6, 6.07) is 8.61. The molecule has 2 N–H and O–H groups in total. The number of carbonyl (C=O) groups excluding carboxylic acids is 2. The lowest BCUT2D eigenvalue weighted by Gasteiger charge is -2.23. The molecule has 27 heavy (non-hydrogen) atoms. The fraction of sp³-hybridized carbons (Fsp3) is 0.300. The fourth-order valence-electron chi connectivity index (χ4n) is 3.27. The molecule has 2 atom stereocenters. The van der Waals surface area contributed by atoms with Crippen LogP contribution in [0.5, 0.6) is 17.2 Å². The van der Waals surface area contributed by atoms with E-state index in [1.807, 2.05) is 13.0 Å². The number of anilines is 2. The quantitative estimate of drug-likeness (QED) is 0.870. The van der Waals surface area contributed by atoms with Gasteiger partial charge in [0.1, 0.15) is 11.9 Å². The summed E-state index contributed by atoms with van der Waals surface area (Å²) in [4.78, 5) is 24.5. The predicted molar refractivity (Wildman–Crippen MR) is 99.9 cm³/mol. The molecular weight excluding hydrogens is 348 g/mol. The van der Waals surface area contributed by atoms with Crippen molar-refractivity contribution in [3.63, 3.8) is 0 Å². The molecule has 0 saturated carbocycles. The molecule has 2 aliphatic rings. The summed E-state index contributed by atoms with van der Waals surface area (Å²) in [6.45, 7) is 3.66. The molecule has 0 spiro atoms. The van der Waals surface area contributed by atoms with Crippen molar-refractivity contribution >= 4 is 23.2 Å². The molecule has 0 fully saturated rings. The summed E-state index contributed by atoms with van der Waals surface area (Å²) in [5.74, 6) is 1.33. The number of amides is 2. The molecule has 0 aliphatic carbocycles. The molecule has 0 radical (unpaired) electrons. The Labute approximate surface area is 156 Å². The van der Waals surface area contributed by atoms with Crippen LogP contribution in [-0.4, -0.2) is 31.1 Å². The zero-order valence-electron chi connectivity index (χ0n) is 15.3. The minimum Gasteiger partial charge on any atom is -0.493 e. The van der Waals surface area contributed by atoms with Gasteiger partial charge in [-0.1, -0.05) is 0 Å². The molecular formula is C20H20N2O5. The highest BCUT2D eigenvalue weighted by Gasteiger charge is 2.26. The highest BCUT2D eigenvalue weighted by molar-refractivity contribution is 6.06. The van der Waals surface area contributed by atoms with Crippen molar-refractivity contribution in [3.8, 4) is 17.2 Å². The van der Waals surface area contributed by atoms with E-state index in [1.54, 1.807) is 38.3 Å². The number of carbonyl (C=O) groups is 2. The zero-order valence-corrected chi connectivity index (χ0v) is 15.3. The Balaban J connectivity index is 1.58. The van der Waals surface area contributed by atoms with Crippen LogP contribution in [0.3, 0.4) is 0 Å². The normalized spacial score (nSPS) is 19.9. The van der Waals surface area contributed by atoms with Crippen molar-refractivity contribution in [1.82, 2.24) is 0 Å². The SMILES string of the molecule is COc1cc(C(=O)Nc2ccc3c(c2)NC(=O)C(C)O3)cc2c1OC(C)C2. The first-order valence-corrected chi connectivity index (χ1v) is 8.75. The van der Waals surface area contributed by atoms with Crippen molar-refractivity contribution < 1.29 is 23.8 Å². The van der Waals surface area contributed by atoms with Crippen molar-refractivity contribution in [2.24, 2.45) is 0 Å². The third-order valence-electron chi connectivity index (χ3n) is 4.61. The highest BCUT2D eigenvalue weighted by atomic mass is 16.5. The Kier molecular flexibility index (Phi) is 4.14. The van der Waals surface area contributed by atoms with Crippen LogP contribution in [0.1, 0.15) is 29.8 Å². The minimum absolute atomic E-state index is 0.0545. The second-order valence-electron chi connectivity index (χ2n) is 6.71. The molecule has 2 aliphatic heterocycles. The van der Waals surface area contributed by atoms with E-state index in [0.717, 1.165) is 12.0 Å².